The molecule has 1 spiro atoms. The van der Waals surface area contributed by atoms with Crippen LogP contribution in [0, 0.1) is 0 Å². The van der Waals surface area contributed by atoms with Gasteiger partial charge in [-0.2, -0.15) is 0 Å². The van der Waals surface area contributed by atoms with Crippen molar-refractivity contribution < 1.29 is 9.53 Å². The van der Waals surface area contributed by atoms with E-state index in [0.717, 1.165) is 73.8 Å². The van der Waals surface area contributed by atoms with Crippen LogP contribution >= 0.6 is 11.3 Å². The van der Waals surface area contributed by atoms with Crippen LogP contribution in [0.3, 0.4) is 0 Å². The Morgan fingerprint density at radius 3 is 2.42 bits per heavy atom. The average molecular weight is 440 g/mol. The van der Waals surface area contributed by atoms with Gasteiger partial charge in [-0.3, -0.25) is 5.01 Å². The molecular weight excluding hydrogens is 410 g/mol. The molecule has 2 aliphatic heterocycles. The summed E-state index contributed by atoms with van der Waals surface area (Å²) in [6.45, 7) is 4.16. The van der Waals surface area contributed by atoms with Crippen molar-refractivity contribution in [2.24, 2.45) is 4.99 Å². The Kier molecular flexibility index (Phi) is 5.54. The molecule has 3 aliphatic rings. The maximum Gasteiger partial charge on any atom is 0.340 e. The van der Waals surface area contributed by atoms with Crippen LogP contribution in [0.2, 0.25) is 0 Å². The van der Waals surface area contributed by atoms with Crippen molar-refractivity contribution in [2.45, 2.75) is 37.6 Å². The third-order valence-corrected chi connectivity index (χ3v) is 7.57. The Labute approximate surface area is 187 Å². The zero-order chi connectivity index (χ0) is 21.4. The third kappa shape index (κ3) is 4.00. The molecular formula is C23H29N5O2S. The lowest BCUT2D eigenvalue weighted by Gasteiger charge is -2.37. The van der Waals surface area contributed by atoms with E-state index in [1.54, 1.807) is 11.3 Å². The number of aliphatic imine (C=N–C) groups is 1. The van der Waals surface area contributed by atoms with E-state index in [4.69, 9.17) is 14.7 Å². The molecule has 1 saturated carbocycles. The van der Waals surface area contributed by atoms with Crippen molar-refractivity contribution in [3.63, 3.8) is 0 Å². The zero-order valence-electron chi connectivity index (χ0n) is 18.2. The molecule has 8 heteroatoms. The third-order valence-electron chi connectivity index (χ3n) is 6.67. The maximum atomic E-state index is 12.5. The molecule has 2 fully saturated rings. The largest absolute Gasteiger partial charge is 0.405 e. The molecule has 7 nitrogen and oxygen atoms in total. The molecule has 3 heterocycles. The standard InChI is InChI=1S/C23H29N5O2S/c1-26-12-14-28(15-13-26)27(2)22-24-19(16-31-22)17-6-8-18(9-7-17)20-25-23(21(29)30-20)10-4-3-5-11-23/h6-9,16H,3-5,10-15H2,1-2H3. The van der Waals surface area contributed by atoms with Gasteiger partial charge in [-0.1, -0.05) is 31.4 Å². The number of piperazine rings is 1. The van der Waals surface area contributed by atoms with Gasteiger partial charge >= 0.3 is 5.97 Å². The molecule has 164 valence electrons. The number of thiazole rings is 1. The van der Waals surface area contributed by atoms with Crippen LogP contribution in [0.15, 0.2) is 34.6 Å². The van der Waals surface area contributed by atoms with E-state index >= 15 is 0 Å². The normalized spacial score (nSPS) is 21.9. The second-order valence-electron chi connectivity index (χ2n) is 8.77. The Hall–Kier alpha value is -2.29. The van der Waals surface area contributed by atoms with Crippen LogP contribution in [-0.2, 0) is 9.53 Å². The molecule has 0 radical (unpaired) electrons. The number of hydrazine groups is 1. The summed E-state index contributed by atoms with van der Waals surface area (Å²) in [4.78, 5) is 24.4. The number of aromatic nitrogens is 1. The Morgan fingerprint density at radius 1 is 1.03 bits per heavy atom. The predicted octanol–water partition coefficient (Wildman–Crippen LogP) is 3.42. The van der Waals surface area contributed by atoms with Gasteiger partial charge in [0.1, 0.15) is 0 Å². The average Bonchev–Trinajstić information content (AvgIpc) is 3.40. The molecule has 0 bridgehead atoms. The minimum Gasteiger partial charge on any atom is -0.405 e. The topological polar surface area (TPSA) is 61.3 Å². The lowest BCUT2D eigenvalue weighted by Crippen LogP contribution is -2.51. The number of rotatable bonds is 4. The van der Waals surface area contributed by atoms with Gasteiger partial charge in [0.05, 0.1) is 5.69 Å². The van der Waals surface area contributed by atoms with E-state index in [1.165, 1.54) is 6.42 Å². The Bertz CT molecular complexity index is 972. The molecule has 2 aromatic rings. The zero-order valence-corrected chi connectivity index (χ0v) is 19.0. The van der Waals surface area contributed by atoms with Crippen molar-refractivity contribution in [3.8, 4) is 11.3 Å². The second kappa shape index (κ2) is 8.33. The molecule has 1 saturated heterocycles. The highest BCUT2D eigenvalue weighted by atomic mass is 32.1. The number of benzene rings is 1. The lowest BCUT2D eigenvalue weighted by atomic mass is 9.83. The molecule has 31 heavy (non-hydrogen) atoms. The van der Waals surface area contributed by atoms with Crippen molar-refractivity contribution in [1.29, 1.82) is 0 Å². The fourth-order valence-corrected chi connectivity index (χ4v) is 5.39. The molecule has 5 rings (SSSR count). The van der Waals surface area contributed by atoms with E-state index in [1.807, 2.05) is 24.3 Å². The summed E-state index contributed by atoms with van der Waals surface area (Å²) in [6, 6.07) is 8.03. The van der Waals surface area contributed by atoms with Gasteiger partial charge in [0.2, 0.25) is 5.90 Å². The summed E-state index contributed by atoms with van der Waals surface area (Å²) >= 11 is 1.66. The highest BCUT2D eigenvalue weighted by molar-refractivity contribution is 7.14. The number of anilines is 1. The molecule has 1 aromatic carbocycles. The summed E-state index contributed by atoms with van der Waals surface area (Å²) in [6.07, 6.45) is 4.86. The van der Waals surface area contributed by atoms with Crippen LogP contribution in [0.4, 0.5) is 5.13 Å². The molecule has 0 atom stereocenters. The smallest absolute Gasteiger partial charge is 0.340 e. The summed E-state index contributed by atoms with van der Waals surface area (Å²) in [5, 5.41) is 7.61. The fraction of sp³-hybridized carbons (Fsp3) is 0.522. The molecule has 1 aliphatic carbocycles. The molecule has 0 amide bonds. The van der Waals surface area contributed by atoms with Gasteiger partial charge in [-0.25, -0.2) is 19.8 Å². The molecule has 0 unspecified atom stereocenters. The van der Waals surface area contributed by atoms with Crippen molar-refractivity contribution >= 4 is 28.3 Å². The van der Waals surface area contributed by atoms with Crippen molar-refractivity contribution in [3.05, 3.63) is 35.2 Å². The summed E-state index contributed by atoms with van der Waals surface area (Å²) in [5.74, 6) is 0.287. The number of hydrogen-bond acceptors (Lipinski definition) is 8. The van der Waals surface area contributed by atoms with Gasteiger partial charge in [0, 0.05) is 49.7 Å². The van der Waals surface area contributed by atoms with E-state index < -0.39 is 5.54 Å². The maximum absolute atomic E-state index is 12.5. The Balaban J connectivity index is 1.30. The quantitative estimate of drug-likeness (QED) is 0.681. The van der Waals surface area contributed by atoms with Crippen LogP contribution in [0.25, 0.3) is 11.3 Å². The number of carbonyl (C=O) groups excluding carboxylic acids is 1. The number of ether oxygens (including phenoxy) is 1. The fourth-order valence-electron chi connectivity index (χ4n) is 4.57. The first kappa shape index (κ1) is 20.6. The summed E-state index contributed by atoms with van der Waals surface area (Å²) in [5.41, 5.74) is 2.23. The highest BCUT2D eigenvalue weighted by Crippen LogP contribution is 2.37. The monoisotopic (exact) mass is 439 g/mol. The minimum absolute atomic E-state index is 0.178. The van der Waals surface area contributed by atoms with E-state index in [9.17, 15) is 4.79 Å². The van der Waals surface area contributed by atoms with Crippen LogP contribution in [0.5, 0.6) is 0 Å². The van der Waals surface area contributed by atoms with Gasteiger partial charge < -0.3 is 9.64 Å². The number of likely N-dealkylation sites (N-methyl/N-ethyl adjacent to an activating group) is 1. The number of cyclic esters (lactones) is 1. The van der Waals surface area contributed by atoms with E-state index in [2.05, 4.69) is 34.4 Å². The number of carbonyl (C=O) groups is 1. The van der Waals surface area contributed by atoms with Crippen molar-refractivity contribution in [2.75, 3.05) is 45.3 Å². The second-order valence-corrected chi connectivity index (χ2v) is 9.61. The van der Waals surface area contributed by atoms with E-state index in [0.29, 0.717) is 5.90 Å². The first-order valence-corrected chi connectivity index (χ1v) is 12.0. The number of hydrogen-bond donors (Lipinski definition) is 0. The van der Waals surface area contributed by atoms with E-state index in [-0.39, 0.29) is 5.97 Å². The van der Waals surface area contributed by atoms with Gasteiger partial charge in [-0.05, 0) is 32.0 Å². The lowest BCUT2D eigenvalue weighted by molar-refractivity contribution is -0.140. The first-order chi connectivity index (χ1) is 15.0. The molecule has 0 N–H and O–H groups in total. The predicted molar refractivity (Wildman–Crippen MR) is 123 cm³/mol. The van der Waals surface area contributed by atoms with Crippen molar-refractivity contribution in [1.82, 2.24) is 14.9 Å². The summed E-state index contributed by atoms with van der Waals surface area (Å²) in [7, 11) is 4.25. The highest BCUT2D eigenvalue weighted by Gasteiger charge is 2.46. The van der Waals surface area contributed by atoms with Gasteiger partial charge in [0.15, 0.2) is 10.7 Å². The first-order valence-electron chi connectivity index (χ1n) is 11.1. The Morgan fingerprint density at radius 2 is 1.71 bits per heavy atom. The van der Waals surface area contributed by atoms with Crippen LogP contribution in [-0.4, -0.2) is 72.6 Å². The summed E-state index contributed by atoms with van der Waals surface area (Å²) < 4.78 is 5.58. The van der Waals surface area contributed by atoms with Gasteiger partial charge in [-0.15, -0.1) is 11.3 Å². The molecule has 1 aromatic heterocycles. The number of nitrogens with zero attached hydrogens (tertiary/aromatic N) is 5. The SMILES string of the molecule is CN1CCN(N(C)c2nc(-c3ccc(C4=NC5(CCCCC5)C(=O)O4)cc3)cs2)CC1. The number of esters is 1. The van der Waals surface area contributed by atoms with Crippen LogP contribution in [0.1, 0.15) is 37.7 Å². The van der Waals surface area contributed by atoms with Gasteiger partial charge in [0.25, 0.3) is 0 Å². The minimum atomic E-state index is -0.635. The van der Waals surface area contributed by atoms with Crippen LogP contribution < -0.4 is 5.01 Å².